The van der Waals surface area contributed by atoms with Crippen molar-refractivity contribution in [2.75, 3.05) is 27.4 Å². The van der Waals surface area contributed by atoms with Crippen molar-refractivity contribution in [2.45, 2.75) is 26.1 Å². The van der Waals surface area contributed by atoms with Crippen LogP contribution in [0.4, 0.5) is 0 Å². The fourth-order valence-electron chi connectivity index (χ4n) is 2.24. The molecule has 0 aliphatic rings. The number of amides is 1. The number of benzene rings is 1. The third-order valence-corrected chi connectivity index (χ3v) is 3.93. The highest BCUT2D eigenvalue weighted by Gasteiger charge is 2.21. The molecule has 0 radical (unpaired) electrons. The monoisotopic (exact) mass is 327 g/mol. The van der Waals surface area contributed by atoms with Gasteiger partial charge in [0.15, 0.2) is 0 Å². The van der Waals surface area contributed by atoms with E-state index in [2.05, 4.69) is 9.62 Å². The summed E-state index contributed by atoms with van der Waals surface area (Å²) in [6.07, 6.45) is 1.04. The van der Waals surface area contributed by atoms with Gasteiger partial charge in [-0.05, 0) is 32.1 Å². The van der Waals surface area contributed by atoms with Crippen LogP contribution in [0.15, 0.2) is 24.3 Å². The van der Waals surface area contributed by atoms with Crippen molar-refractivity contribution in [3.05, 3.63) is 35.4 Å². The number of rotatable bonds is 7. The zero-order chi connectivity index (χ0) is 16.9. The Bertz CT molecular complexity index is 614. The van der Waals surface area contributed by atoms with Gasteiger partial charge in [-0.2, -0.15) is 0 Å². The van der Waals surface area contributed by atoms with Gasteiger partial charge in [-0.1, -0.05) is 24.3 Å². The number of carbonyl (C=O) groups is 1. The molecule has 1 amide bonds. The zero-order valence-electron chi connectivity index (χ0n) is 13.8. The third kappa shape index (κ3) is 6.13. The average molecular weight is 327 g/mol. The molecule has 22 heavy (non-hydrogen) atoms. The Hall–Kier alpha value is -1.44. The number of hydrogen-bond donors (Lipinski definition) is 1. The second-order valence-electron chi connectivity index (χ2n) is 5.81. The fraction of sp³-hybridized carbons (Fsp3) is 0.533. The SMILES string of the molecule is C[C@@H](NS(C)(=O)=O)C(=O)N(C)Cc1ccccc1CN(C)C. The highest BCUT2D eigenvalue weighted by Crippen LogP contribution is 2.13. The lowest BCUT2D eigenvalue weighted by molar-refractivity contribution is -0.131. The van der Waals surface area contributed by atoms with E-state index in [0.29, 0.717) is 6.54 Å². The van der Waals surface area contributed by atoms with Crippen LogP contribution >= 0.6 is 0 Å². The summed E-state index contributed by atoms with van der Waals surface area (Å²) in [5.41, 5.74) is 2.20. The maximum absolute atomic E-state index is 12.2. The molecule has 0 saturated heterocycles. The maximum Gasteiger partial charge on any atom is 0.240 e. The van der Waals surface area contributed by atoms with Crippen LogP contribution in [0.3, 0.4) is 0 Å². The molecule has 1 atom stereocenters. The average Bonchev–Trinajstić information content (AvgIpc) is 2.37. The van der Waals surface area contributed by atoms with E-state index in [1.165, 1.54) is 4.90 Å². The van der Waals surface area contributed by atoms with E-state index in [9.17, 15) is 13.2 Å². The minimum absolute atomic E-state index is 0.259. The third-order valence-electron chi connectivity index (χ3n) is 3.15. The van der Waals surface area contributed by atoms with Crippen LogP contribution in [-0.4, -0.2) is 57.6 Å². The van der Waals surface area contributed by atoms with Crippen LogP contribution in [-0.2, 0) is 27.9 Å². The van der Waals surface area contributed by atoms with E-state index >= 15 is 0 Å². The van der Waals surface area contributed by atoms with Gasteiger partial charge >= 0.3 is 0 Å². The Morgan fingerprint density at radius 1 is 1.14 bits per heavy atom. The lowest BCUT2D eigenvalue weighted by Crippen LogP contribution is -2.44. The minimum atomic E-state index is -3.40. The number of nitrogens with one attached hydrogen (secondary N) is 1. The van der Waals surface area contributed by atoms with Crippen molar-refractivity contribution in [1.82, 2.24) is 14.5 Å². The number of carbonyl (C=O) groups excluding carboxylic acids is 1. The summed E-state index contributed by atoms with van der Waals surface area (Å²) < 4.78 is 24.7. The molecule has 0 aliphatic carbocycles. The van der Waals surface area contributed by atoms with Gasteiger partial charge in [-0.3, -0.25) is 4.79 Å². The molecular formula is C15H25N3O3S. The number of likely N-dealkylation sites (N-methyl/N-ethyl adjacent to an activating group) is 1. The molecular weight excluding hydrogens is 302 g/mol. The van der Waals surface area contributed by atoms with E-state index < -0.39 is 16.1 Å². The number of sulfonamides is 1. The van der Waals surface area contributed by atoms with Gasteiger partial charge in [-0.25, -0.2) is 13.1 Å². The molecule has 1 aromatic rings. The molecule has 0 aromatic heterocycles. The molecule has 0 spiro atoms. The molecule has 1 N–H and O–H groups in total. The lowest BCUT2D eigenvalue weighted by atomic mass is 10.1. The van der Waals surface area contributed by atoms with E-state index in [1.54, 1.807) is 14.0 Å². The fourth-order valence-corrected chi connectivity index (χ4v) is 2.99. The standard InChI is InChI=1S/C15H25N3O3S/c1-12(16-22(5,20)21)15(19)18(4)11-14-9-7-6-8-13(14)10-17(2)3/h6-9,12,16H,10-11H2,1-5H3/t12-/m1/s1. The van der Waals surface area contributed by atoms with Crippen molar-refractivity contribution in [3.8, 4) is 0 Å². The number of hydrogen-bond acceptors (Lipinski definition) is 4. The van der Waals surface area contributed by atoms with Crippen molar-refractivity contribution in [1.29, 1.82) is 0 Å². The zero-order valence-corrected chi connectivity index (χ0v) is 14.6. The molecule has 0 unspecified atom stereocenters. The summed E-state index contributed by atoms with van der Waals surface area (Å²) in [6.45, 7) is 2.78. The van der Waals surface area contributed by atoms with Crippen molar-refractivity contribution < 1.29 is 13.2 Å². The van der Waals surface area contributed by atoms with E-state index in [4.69, 9.17) is 0 Å². The predicted molar refractivity (Wildman–Crippen MR) is 87.7 cm³/mol. The van der Waals surface area contributed by atoms with Crippen molar-refractivity contribution >= 4 is 15.9 Å². The normalized spacial score (nSPS) is 13.2. The second kappa shape index (κ2) is 7.71. The summed E-state index contributed by atoms with van der Waals surface area (Å²) in [5.74, 6) is -0.259. The topological polar surface area (TPSA) is 69.7 Å². The molecule has 1 aromatic carbocycles. The lowest BCUT2D eigenvalue weighted by Gasteiger charge is -2.23. The van der Waals surface area contributed by atoms with Gasteiger partial charge in [0.2, 0.25) is 15.9 Å². The van der Waals surface area contributed by atoms with Gasteiger partial charge < -0.3 is 9.80 Å². The summed E-state index contributed by atoms with van der Waals surface area (Å²) in [4.78, 5) is 15.9. The quantitative estimate of drug-likeness (QED) is 0.798. The van der Waals surface area contributed by atoms with Gasteiger partial charge in [0, 0.05) is 20.1 Å². The molecule has 1 rings (SSSR count). The van der Waals surface area contributed by atoms with Gasteiger partial charge in [0.25, 0.3) is 0 Å². The highest BCUT2D eigenvalue weighted by molar-refractivity contribution is 7.88. The van der Waals surface area contributed by atoms with Gasteiger partial charge in [-0.15, -0.1) is 0 Å². The van der Waals surface area contributed by atoms with Crippen LogP contribution in [0, 0.1) is 0 Å². The first-order chi connectivity index (χ1) is 10.1. The molecule has 7 heteroatoms. The first-order valence-electron chi connectivity index (χ1n) is 7.04. The summed E-state index contributed by atoms with van der Waals surface area (Å²) in [7, 11) is 2.25. The summed E-state index contributed by atoms with van der Waals surface area (Å²) in [6, 6.07) is 7.15. The minimum Gasteiger partial charge on any atom is -0.340 e. The molecule has 6 nitrogen and oxygen atoms in total. The van der Waals surface area contributed by atoms with E-state index in [-0.39, 0.29) is 5.91 Å². The Labute approximate surface area is 133 Å². The van der Waals surface area contributed by atoms with Crippen LogP contribution < -0.4 is 4.72 Å². The van der Waals surface area contributed by atoms with Gasteiger partial charge in [0.1, 0.15) is 0 Å². The van der Waals surface area contributed by atoms with Gasteiger partial charge in [0.05, 0.1) is 12.3 Å². The molecule has 0 fully saturated rings. The second-order valence-corrected chi connectivity index (χ2v) is 7.59. The Morgan fingerprint density at radius 3 is 2.09 bits per heavy atom. The largest absolute Gasteiger partial charge is 0.340 e. The molecule has 0 bridgehead atoms. The Kier molecular flexibility index (Phi) is 6.52. The first-order valence-corrected chi connectivity index (χ1v) is 8.93. The first kappa shape index (κ1) is 18.6. The van der Waals surface area contributed by atoms with Crippen LogP contribution in [0.2, 0.25) is 0 Å². The molecule has 0 heterocycles. The van der Waals surface area contributed by atoms with Crippen molar-refractivity contribution in [3.63, 3.8) is 0 Å². The van der Waals surface area contributed by atoms with Crippen LogP contribution in [0.5, 0.6) is 0 Å². The van der Waals surface area contributed by atoms with E-state index in [1.807, 2.05) is 38.4 Å². The molecule has 124 valence electrons. The Balaban J connectivity index is 2.80. The predicted octanol–water partition coefficient (Wildman–Crippen LogP) is 0.644. The summed E-state index contributed by atoms with van der Waals surface area (Å²) >= 11 is 0. The molecule has 0 saturated carbocycles. The van der Waals surface area contributed by atoms with Crippen LogP contribution in [0.1, 0.15) is 18.1 Å². The summed E-state index contributed by atoms with van der Waals surface area (Å²) in [5, 5.41) is 0. The Morgan fingerprint density at radius 2 is 1.64 bits per heavy atom. The maximum atomic E-state index is 12.2. The van der Waals surface area contributed by atoms with Crippen LogP contribution in [0.25, 0.3) is 0 Å². The number of nitrogens with zero attached hydrogens (tertiary/aromatic N) is 2. The molecule has 0 aliphatic heterocycles. The van der Waals surface area contributed by atoms with Crippen molar-refractivity contribution in [2.24, 2.45) is 0 Å². The smallest absolute Gasteiger partial charge is 0.240 e. The highest BCUT2D eigenvalue weighted by atomic mass is 32.2. The van der Waals surface area contributed by atoms with E-state index in [0.717, 1.165) is 23.9 Å².